The maximum Gasteiger partial charge on any atom is 0.335 e. The Labute approximate surface area is 206 Å². The van der Waals surface area contributed by atoms with Gasteiger partial charge >= 0.3 is 5.97 Å². The number of carbonyl (C=O) groups is 1. The normalized spacial score (nSPS) is 26.5. The third-order valence-electron chi connectivity index (χ3n) is 8.12. The fourth-order valence-corrected chi connectivity index (χ4v) is 6.40. The molecule has 2 aromatic rings. The van der Waals surface area contributed by atoms with Crippen molar-refractivity contribution < 1.29 is 19.7 Å². The van der Waals surface area contributed by atoms with Crippen molar-refractivity contribution in [2.24, 2.45) is 11.8 Å². The van der Waals surface area contributed by atoms with Gasteiger partial charge < -0.3 is 19.8 Å². The van der Waals surface area contributed by atoms with Gasteiger partial charge in [0.25, 0.3) is 0 Å². The lowest BCUT2D eigenvalue weighted by atomic mass is 9.68. The van der Waals surface area contributed by atoms with E-state index in [1.54, 1.807) is 24.3 Å². The van der Waals surface area contributed by atoms with Gasteiger partial charge in [-0.15, -0.1) is 6.58 Å². The second-order valence-corrected chi connectivity index (χ2v) is 10.6. The molecular formula is C28H32ClNO4. The van der Waals surface area contributed by atoms with Gasteiger partial charge in [0.15, 0.2) is 0 Å². The molecule has 0 radical (unpaired) electrons. The van der Waals surface area contributed by atoms with Crippen LogP contribution in [0, 0.1) is 11.8 Å². The van der Waals surface area contributed by atoms with Crippen LogP contribution in [0.2, 0.25) is 5.02 Å². The number of halogens is 1. The number of hydrogen-bond acceptors (Lipinski definition) is 4. The number of carboxylic acids is 1. The lowest BCUT2D eigenvalue weighted by Crippen LogP contribution is -2.49. The topological polar surface area (TPSA) is 70.0 Å². The SMILES string of the molecule is C=CC[C@@H](O)[C@@H]1CC[C@H]1CN1C[C@@]2(CCCc3cc(Cl)ccc32)COc2ccc(C(=O)O)cc21. The molecule has 180 valence electrons. The molecule has 2 aliphatic carbocycles. The highest BCUT2D eigenvalue weighted by atomic mass is 35.5. The Balaban J connectivity index is 1.52. The zero-order chi connectivity index (χ0) is 23.9. The summed E-state index contributed by atoms with van der Waals surface area (Å²) in [7, 11) is 0. The molecule has 0 unspecified atom stereocenters. The molecule has 0 bridgehead atoms. The maximum atomic E-state index is 11.8. The summed E-state index contributed by atoms with van der Waals surface area (Å²) in [6.07, 6.45) is 7.15. The fourth-order valence-electron chi connectivity index (χ4n) is 6.20. The Morgan fingerprint density at radius 3 is 2.88 bits per heavy atom. The molecule has 2 N–H and O–H groups in total. The zero-order valence-electron chi connectivity index (χ0n) is 19.4. The second-order valence-electron chi connectivity index (χ2n) is 10.2. The van der Waals surface area contributed by atoms with Gasteiger partial charge in [0, 0.05) is 23.5 Å². The minimum Gasteiger partial charge on any atom is -0.490 e. The molecule has 6 heteroatoms. The van der Waals surface area contributed by atoms with E-state index in [-0.39, 0.29) is 23.0 Å². The smallest absolute Gasteiger partial charge is 0.335 e. The molecule has 5 nitrogen and oxygen atoms in total. The zero-order valence-corrected chi connectivity index (χ0v) is 20.1. The van der Waals surface area contributed by atoms with Crippen molar-refractivity contribution in [3.63, 3.8) is 0 Å². The van der Waals surface area contributed by atoms with E-state index in [4.69, 9.17) is 16.3 Å². The number of anilines is 1. The molecular weight excluding hydrogens is 450 g/mol. The van der Waals surface area contributed by atoms with Crippen molar-refractivity contribution in [2.75, 3.05) is 24.6 Å². The molecule has 4 atom stereocenters. The molecule has 2 aromatic carbocycles. The molecule has 5 rings (SSSR count). The summed E-state index contributed by atoms with van der Waals surface area (Å²) in [6.45, 7) is 5.84. The summed E-state index contributed by atoms with van der Waals surface area (Å²) in [5, 5.41) is 21.0. The summed E-state index contributed by atoms with van der Waals surface area (Å²) < 4.78 is 6.41. The number of aliphatic hydroxyl groups is 1. The molecule has 1 spiro atoms. The molecule has 0 aromatic heterocycles. The van der Waals surface area contributed by atoms with E-state index in [1.807, 2.05) is 6.07 Å². The Morgan fingerprint density at radius 2 is 2.15 bits per heavy atom. The van der Waals surface area contributed by atoms with Crippen LogP contribution < -0.4 is 9.64 Å². The van der Waals surface area contributed by atoms with E-state index in [0.717, 1.165) is 61.7 Å². The summed E-state index contributed by atoms with van der Waals surface area (Å²) in [5.41, 5.74) is 3.47. The van der Waals surface area contributed by atoms with Gasteiger partial charge in [-0.05, 0) is 91.8 Å². The van der Waals surface area contributed by atoms with Crippen LogP contribution in [0.25, 0.3) is 0 Å². The summed E-state index contributed by atoms with van der Waals surface area (Å²) in [6, 6.07) is 11.3. The van der Waals surface area contributed by atoms with Gasteiger partial charge in [0.2, 0.25) is 0 Å². The van der Waals surface area contributed by atoms with E-state index in [9.17, 15) is 15.0 Å². The van der Waals surface area contributed by atoms with Crippen LogP contribution in [-0.4, -0.2) is 42.0 Å². The van der Waals surface area contributed by atoms with E-state index in [0.29, 0.717) is 18.9 Å². The van der Waals surface area contributed by atoms with E-state index in [1.165, 1.54) is 11.1 Å². The molecule has 1 aliphatic heterocycles. The molecule has 3 aliphatic rings. The summed E-state index contributed by atoms with van der Waals surface area (Å²) >= 11 is 6.32. The number of benzene rings is 2. The molecule has 1 heterocycles. The summed E-state index contributed by atoms with van der Waals surface area (Å²) in [5.74, 6) is 0.370. The third-order valence-corrected chi connectivity index (χ3v) is 8.35. The van der Waals surface area contributed by atoms with Crippen LogP contribution in [0.1, 0.15) is 53.6 Å². The Bertz CT molecular complexity index is 1100. The average molecular weight is 482 g/mol. The van der Waals surface area contributed by atoms with Crippen LogP contribution in [0.15, 0.2) is 49.1 Å². The minimum atomic E-state index is -0.942. The maximum absolute atomic E-state index is 11.8. The van der Waals surface area contributed by atoms with Gasteiger partial charge in [-0.2, -0.15) is 0 Å². The molecule has 1 fully saturated rings. The van der Waals surface area contributed by atoms with Crippen LogP contribution in [0.3, 0.4) is 0 Å². The van der Waals surface area contributed by atoms with E-state index in [2.05, 4.69) is 23.6 Å². The first-order chi connectivity index (χ1) is 16.4. The quantitative estimate of drug-likeness (QED) is 0.535. The van der Waals surface area contributed by atoms with Crippen LogP contribution in [-0.2, 0) is 11.8 Å². The minimum absolute atomic E-state index is 0.195. The highest BCUT2D eigenvalue weighted by Crippen LogP contribution is 2.46. The number of carboxylic acid groups (broad SMARTS) is 1. The Morgan fingerprint density at radius 1 is 1.29 bits per heavy atom. The number of fused-ring (bicyclic) bond motifs is 3. The fraction of sp³-hybridized carbons (Fsp3) is 0.464. The van der Waals surface area contributed by atoms with Gasteiger partial charge in [0.05, 0.1) is 24.0 Å². The average Bonchev–Trinajstić information content (AvgIpc) is 2.94. The predicted octanol–water partition coefficient (Wildman–Crippen LogP) is 5.47. The van der Waals surface area contributed by atoms with Gasteiger partial charge in [-0.1, -0.05) is 23.7 Å². The number of ether oxygens (including phenoxy) is 1. The number of hydrogen-bond donors (Lipinski definition) is 2. The second kappa shape index (κ2) is 9.27. The lowest BCUT2D eigenvalue weighted by molar-refractivity contribution is 0.0178. The van der Waals surface area contributed by atoms with Crippen molar-refractivity contribution in [1.29, 1.82) is 0 Å². The highest BCUT2D eigenvalue weighted by Gasteiger charge is 2.44. The third kappa shape index (κ3) is 4.20. The van der Waals surface area contributed by atoms with Crippen LogP contribution in [0.4, 0.5) is 5.69 Å². The summed E-state index contributed by atoms with van der Waals surface area (Å²) in [4.78, 5) is 14.1. The molecule has 0 saturated heterocycles. The first kappa shape index (κ1) is 23.3. The standard InChI is InChI=1S/C28H32ClNO4/c1-2-4-25(31)22-9-6-20(22)15-30-16-28(12-3-5-18-13-21(29)8-10-23(18)28)17-34-26-11-7-19(27(32)33)14-24(26)30/h2,7-8,10-11,13-14,20,22,25,31H,1,3-6,9,12,15-17H2,(H,32,33)/t20-,22+,25+,28-/m0/s1. The van der Waals surface area contributed by atoms with Crippen molar-refractivity contribution in [3.8, 4) is 5.75 Å². The van der Waals surface area contributed by atoms with Gasteiger partial charge in [-0.3, -0.25) is 0 Å². The van der Waals surface area contributed by atoms with E-state index >= 15 is 0 Å². The van der Waals surface area contributed by atoms with Crippen molar-refractivity contribution in [2.45, 2.75) is 50.0 Å². The monoisotopic (exact) mass is 481 g/mol. The van der Waals surface area contributed by atoms with Gasteiger partial charge in [-0.25, -0.2) is 4.79 Å². The Hall–Kier alpha value is -2.50. The lowest BCUT2D eigenvalue weighted by Gasteiger charge is -2.45. The molecule has 34 heavy (non-hydrogen) atoms. The predicted molar refractivity (Wildman–Crippen MR) is 134 cm³/mol. The molecule has 0 amide bonds. The Kier molecular flexibility index (Phi) is 6.34. The number of nitrogens with zero attached hydrogens (tertiary/aromatic N) is 1. The van der Waals surface area contributed by atoms with Crippen LogP contribution in [0.5, 0.6) is 5.75 Å². The number of aromatic carboxylic acids is 1. The first-order valence-electron chi connectivity index (χ1n) is 12.2. The largest absolute Gasteiger partial charge is 0.490 e. The van der Waals surface area contributed by atoms with Crippen molar-refractivity contribution in [3.05, 3.63) is 70.8 Å². The molecule has 1 saturated carbocycles. The van der Waals surface area contributed by atoms with Crippen molar-refractivity contribution >= 4 is 23.3 Å². The number of aliphatic hydroxyl groups excluding tert-OH is 1. The first-order valence-corrected chi connectivity index (χ1v) is 12.6. The van der Waals surface area contributed by atoms with Crippen molar-refractivity contribution in [1.82, 2.24) is 0 Å². The number of aryl methyl sites for hydroxylation is 1. The van der Waals surface area contributed by atoms with Gasteiger partial charge in [0.1, 0.15) is 5.75 Å². The number of rotatable bonds is 6. The van der Waals surface area contributed by atoms with Crippen LogP contribution >= 0.6 is 11.6 Å². The van der Waals surface area contributed by atoms with E-state index < -0.39 is 5.97 Å². The highest BCUT2D eigenvalue weighted by molar-refractivity contribution is 6.30.